The summed E-state index contributed by atoms with van der Waals surface area (Å²) in [6.07, 6.45) is 4.23. The number of nitrogens with one attached hydrogen (secondary N) is 2. The molecule has 0 spiro atoms. The Morgan fingerprint density at radius 1 is 1.35 bits per heavy atom. The van der Waals surface area contributed by atoms with Crippen molar-refractivity contribution in [2.24, 2.45) is 0 Å². The van der Waals surface area contributed by atoms with Crippen LogP contribution in [0, 0.1) is 0 Å². The Kier molecular flexibility index (Phi) is 7.88. The Balaban J connectivity index is 3.98. The fourth-order valence-electron chi connectivity index (χ4n) is 1.44. The molecule has 3 nitrogen and oxygen atoms in total. The number of carbonyl (C=O) groups excluding carboxylic acids is 1. The molecule has 0 rings (SSSR count). The van der Waals surface area contributed by atoms with E-state index in [4.69, 9.17) is 0 Å². The van der Waals surface area contributed by atoms with E-state index in [1.807, 2.05) is 18.7 Å². The maximum absolute atomic E-state index is 11.9. The molecule has 0 aliphatic rings. The Morgan fingerprint density at radius 2 is 1.94 bits per heavy atom. The first-order valence-electron chi connectivity index (χ1n) is 6.41. The van der Waals surface area contributed by atoms with Crippen molar-refractivity contribution in [1.29, 1.82) is 0 Å². The first-order valence-corrected chi connectivity index (χ1v) is 7.63. The van der Waals surface area contributed by atoms with Crippen LogP contribution in [-0.2, 0) is 4.79 Å². The molecule has 0 fully saturated rings. The maximum atomic E-state index is 11.9. The third-order valence-electron chi connectivity index (χ3n) is 2.89. The molecule has 0 radical (unpaired) electrons. The number of hydrogen-bond donors (Lipinski definition) is 2. The minimum atomic E-state index is -0.124. The van der Waals surface area contributed by atoms with Crippen molar-refractivity contribution in [3.8, 4) is 0 Å². The van der Waals surface area contributed by atoms with Gasteiger partial charge in [0.05, 0.1) is 6.04 Å². The molecule has 0 heterocycles. The lowest BCUT2D eigenvalue weighted by atomic mass is 10.1. The van der Waals surface area contributed by atoms with Crippen molar-refractivity contribution >= 4 is 17.7 Å². The van der Waals surface area contributed by atoms with Crippen molar-refractivity contribution in [2.75, 3.05) is 12.8 Å². The van der Waals surface area contributed by atoms with Crippen LogP contribution in [0.15, 0.2) is 0 Å². The van der Waals surface area contributed by atoms with E-state index in [0.29, 0.717) is 0 Å². The van der Waals surface area contributed by atoms with Crippen LogP contribution < -0.4 is 10.6 Å². The van der Waals surface area contributed by atoms with Crippen LogP contribution >= 0.6 is 11.8 Å². The largest absolute Gasteiger partial charge is 0.352 e. The molecule has 0 aliphatic carbocycles. The number of amides is 1. The first kappa shape index (κ1) is 16.8. The zero-order chi connectivity index (χ0) is 13.5. The van der Waals surface area contributed by atoms with Gasteiger partial charge in [0.25, 0.3) is 0 Å². The summed E-state index contributed by atoms with van der Waals surface area (Å²) in [6, 6.07) is 0.144. The molecule has 0 saturated carbocycles. The lowest BCUT2D eigenvalue weighted by Crippen LogP contribution is -2.48. The van der Waals surface area contributed by atoms with E-state index in [0.717, 1.165) is 19.4 Å². The SMILES string of the molecule is CCCC(C)NC(=O)C(C)NCC(C)(C)SC. The number of rotatable bonds is 8. The number of thioether (sulfide) groups is 1. The lowest BCUT2D eigenvalue weighted by molar-refractivity contribution is -0.123. The summed E-state index contributed by atoms with van der Waals surface area (Å²) < 4.78 is 0.170. The molecule has 102 valence electrons. The highest BCUT2D eigenvalue weighted by Gasteiger charge is 2.20. The summed E-state index contributed by atoms with van der Waals surface area (Å²) in [5.74, 6) is 0.0999. The summed E-state index contributed by atoms with van der Waals surface area (Å²) in [7, 11) is 0. The van der Waals surface area contributed by atoms with Gasteiger partial charge in [-0.15, -0.1) is 0 Å². The Bertz CT molecular complexity index is 231. The third-order valence-corrected chi connectivity index (χ3v) is 4.14. The van der Waals surface area contributed by atoms with Gasteiger partial charge in [-0.2, -0.15) is 11.8 Å². The fourth-order valence-corrected chi connectivity index (χ4v) is 1.66. The monoisotopic (exact) mass is 260 g/mol. The standard InChI is InChI=1S/C13H28N2OS/c1-7-8-10(2)15-12(16)11(3)14-9-13(4,5)17-6/h10-11,14H,7-9H2,1-6H3,(H,15,16). The van der Waals surface area contributed by atoms with Crippen molar-refractivity contribution in [3.05, 3.63) is 0 Å². The van der Waals surface area contributed by atoms with Gasteiger partial charge >= 0.3 is 0 Å². The summed E-state index contributed by atoms with van der Waals surface area (Å²) in [6.45, 7) is 11.3. The fraction of sp³-hybridized carbons (Fsp3) is 0.923. The highest BCUT2D eigenvalue weighted by Crippen LogP contribution is 2.19. The van der Waals surface area contributed by atoms with Crippen molar-refractivity contribution in [2.45, 2.75) is 64.3 Å². The molecular formula is C13H28N2OS. The van der Waals surface area contributed by atoms with Gasteiger partial charge in [-0.05, 0) is 40.4 Å². The van der Waals surface area contributed by atoms with E-state index < -0.39 is 0 Å². The molecule has 2 atom stereocenters. The molecule has 4 heteroatoms. The average Bonchev–Trinajstić information content (AvgIpc) is 2.26. The Morgan fingerprint density at radius 3 is 2.41 bits per heavy atom. The second kappa shape index (κ2) is 7.98. The normalized spacial score (nSPS) is 15.4. The zero-order valence-electron chi connectivity index (χ0n) is 12.1. The van der Waals surface area contributed by atoms with Crippen LogP contribution in [0.3, 0.4) is 0 Å². The predicted molar refractivity (Wildman–Crippen MR) is 77.6 cm³/mol. The van der Waals surface area contributed by atoms with Gasteiger partial charge in [-0.3, -0.25) is 4.79 Å². The minimum Gasteiger partial charge on any atom is -0.352 e. The smallest absolute Gasteiger partial charge is 0.237 e. The van der Waals surface area contributed by atoms with E-state index in [2.05, 4.69) is 44.6 Å². The molecule has 0 bridgehead atoms. The third kappa shape index (κ3) is 7.66. The van der Waals surface area contributed by atoms with Gasteiger partial charge in [-0.1, -0.05) is 13.3 Å². The Labute approximate surface area is 111 Å². The molecule has 0 saturated heterocycles. The van der Waals surface area contributed by atoms with Crippen LogP contribution in [0.4, 0.5) is 0 Å². The molecule has 1 amide bonds. The summed E-state index contributed by atoms with van der Waals surface area (Å²) >= 11 is 1.81. The highest BCUT2D eigenvalue weighted by molar-refractivity contribution is 7.99. The van der Waals surface area contributed by atoms with Crippen molar-refractivity contribution in [1.82, 2.24) is 10.6 Å². The molecular weight excluding hydrogens is 232 g/mol. The first-order chi connectivity index (χ1) is 7.82. The van der Waals surface area contributed by atoms with E-state index in [1.54, 1.807) is 0 Å². The van der Waals surface area contributed by atoms with Crippen LogP contribution in [0.25, 0.3) is 0 Å². The second-order valence-electron chi connectivity index (χ2n) is 5.26. The Hall–Kier alpha value is -0.220. The van der Waals surface area contributed by atoms with E-state index in [9.17, 15) is 4.79 Å². The average molecular weight is 260 g/mol. The number of hydrogen-bond acceptors (Lipinski definition) is 3. The summed E-state index contributed by atoms with van der Waals surface area (Å²) in [4.78, 5) is 11.9. The van der Waals surface area contributed by atoms with Crippen LogP contribution in [0.2, 0.25) is 0 Å². The van der Waals surface area contributed by atoms with Gasteiger partial charge in [0.1, 0.15) is 0 Å². The van der Waals surface area contributed by atoms with E-state index >= 15 is 0 Å². The van der Waals surface area contributed by atoms with Crippen LogP contribution in [0.1, 0.15) is 47.5 Å². The van der Waals surface area contributed by atoms with Crippen LogP contribution in [-0.4, -0.2) is 35.5 Å². The maximum Gasteiger partial charge on any atom is 0.237 e. The van der Waals surface area contributed by atoms with Crippen LogP contribution in [0.5, 0.6) is 0 Å². The quantitative estimate of drug-likeness (QED) is 0.704. The predicted octanol–water partition coefficient (Wildman–Crippen LogP) is 2.41. The molecule has 2 N–H and O–H groups in total. The lowest BCUT2D eigenvalue weighted by Gasteiger charge is -2.25. The molecule has 0 aliphatic heterocycles. The highest BCUT2D eigenvalue weighted by atomic mass is 32.2. The van der Waals surface area contributed by atoms with Gasteiger partial charge in [0.15, 0.2) is 0 Å². The van der Waals surface area contributed by atoms with E-state index in [1.165, 1.54) is 0 Å². The van der Waals surface area contributed by atoms with Gasteiger partial charge in [-0.25, -0.2) is 0 Å². The van der Waals surface area contributed by atoms with Gasteiger partial charge < -0.3 is 10.6 Å². The van der Waals surface area contributed by atoms with E-state index in [-0.39, 0.29) is 22.7 Å². The van der Waals surface area contributed by atoms with Crippen molar-refractivity contribution in [3.63, 3.8) is 0 Å². The minimum absolute atomic E-state index is 0.0999. The number of carbonyl (C=O) groups is 1. The molecule has 0 aromatic carbocycles. The van der Waals surface area contributed by atoms with Crippen molar-refractivity contribution < 1.29 is 4.79 Å². The topological polar surface area (TPSA) is 41.1 Å². The summed E-state index contributed by atoms with van der Waals surface area (Å²) in [5.41, 5.74) is 0. The molecule has 0 aromatic rings. The van der Waals surface area contributed by atoms with Gasteiger partial charge in [0.2, 0.25) is 5.91 Å². The molecule has 0 aromatic heterocycles. The second-order valence-corrected chi connectivity index (χ2v) is 6.78. The van der Waals surface area contributed by atoms with Gasteiger partial charge in [0, 0.05) is 17.3 Å². The summed E-state index contributed by atoms with van der Waals surface area (Å²) in [5, 5.41) is 6.31. The molecule has 17 heavy (non-hydrogen) atoms. The molecule has 2 unspecified atom stereocenters. The zero-order valence-corrected chi connectivity index (χ0v) is 12.9.